The molecule has 2 saturated heterocycles. The SMILES string of the molecule is CN1C(=O)N2Cc3c(c4ccccc4n3Cc3ccc(C(=O)COC4CCCCO4)cc3)C(C2)C1=S. The molecular formula is C28H29N3O4S. The third-order valence-corrected chi connectivity index (χ3v) is 8.11. The van der Waals surface area contributed by atoms with Crippen LogP contribution in [0.2, 0.25) is 0 Å². The summed E-state index contributed by atoms with van der Waals surface area (Å²) in [6.45, 7) is 2.56. The van der Waals surface area contributed by atoms with Gasteiger partial charge in [-0.05, 0) is 36.5 Å². The van der Waals surface area contributed by atoms with Crippen molar-refractivity contribution in [2.75, 3.05) is 26.8 Å². The highest BCUT2D eigenvalue weighted by Gasteiger charge is 2.42. The normalized spacial score (nSPS) is 21.7. The van der Waals surface area contributed by atoms with E-state index in [1.165, 1.54) is 10.9 Å². The van der Waals surface area contributed by atoms with Crippen LogP contribution in [0.5, 0.6) is 0 Å². The average Bonchev–Trinajstić information content (AvgIpc) is 3.23. The number of para-hydroxylation sites is 1. The third-order valence-electron chi connectivity index (χ3n) is 7.55. The quantitative estimate of drug-likeness (QED) is 0.360. The van der Waals surface area contributed by atoms with E-state index in [0.29, 0.717) is 36.8 Å². The van der Waals surface area contributed by atoms with E-state index < -0.39 is 0 Å². The lowest BCUT2D eigenvalue weighted by molar-refractivity contribution is -0.155. The first-order valence-corrected chi connectivity index (χ1v) is 12.9. The van der Waals surface area contributed by atoms with Crippen molar-refractivity contribution in [1.82, 2.24) is 14.4 Å². The summed E-state index contributed by atoms with van der Waals surface area (Å²) in [7, 11) is 1.77. The molecule has 36 heavy (non-hydrogen) atoms. The van der Waals surface area contributed by atoms with Gasteiger partial charge >= 0.3 is 6.03 Å². The van der Waals surface area contributed by atoms with Gasteiger partial charge in [-0.1, -0.05) is 54.7 Å². The monoisotopic (exact) mass is 503 g/mol. The highest BCUT2D eigenvalue weighted by molar-refractivity contribution is 7.80. The molecule has 0 spiro atoms. The van der Waals surface area contributed by atoms with E-state index in [1.807, 2.05) is 35.2 Å². The Kier molecular flexibility index (Phi) is 6.11. The van der Waals surface area contributed by atoms with Gasteiger partial charge in [-0.3, -0.25) is 9.69 Å². The van der Waals surface area contributed by atoms with E-state index in [1.54, 1.807) is 11.9 Å². The third kappa shape index (κ3) is 4.03. The number of thiocarbonyl (C=S) groups is 1. The van der Waals surface area contributed by atoms with Crippen LogP contribution < -0.4 is 0 Å². The molecule has 7 nitrogen and oxygen atoms in total. The van der Waals surface area contributed by atoms with Crippen LogP contribution in [0.1, 0.15) is 52.4 Å². The van der Waals surface area contributed by atoms with Gasteiger partial charge in [0.05, 0.1) is 17.5 Å². The van der Waals surface area contributed by atoms with E-state index in [4.69, 9.17) is 21.7 Å². The van der Waals surface area contributed by atoms with E-state index in [9.17, 15) is 9.59 Å². The van der Waals surface area contributed by atoms with Gasteiger partial charge in [0.15, 0.2) is 12.1 Å². The summed E-state index contributed by atoms with van der Waals surface area (Å²) < 4.78 is 13.5. The predicted molar refractivity (Wildman–Crippen MR) is 140 cm³/mol. The molecule has 3 aliphatic heterocycles. The zero-order chi connectivity index (χ0) is 24.8. The number of urea groups is 1. The van der Waals surface area contributed by atoms with Crippen LogP contribution in [0, 0.1) is 0 Å². The molecule has 1 aromatic heterocycles. The van der Waals surface area contributed by atoms with Gasteiger partial charge in [-0.15, -0.1) is 0 Å². The van der Waals surface area contributed by atoms with Crippen LogP contribution in [0.15, 0.2) is 48.5 Å². The molecule has 2 atom stereocenters. The lowest BCUT2D eigenvalue weighted by Gasteiger charge is -2.42. The van der Waals surface area contributed by atoms with Gasteiger partial charge < -0.3 is 18.9 Å². The Morgan fingerprint density at radius 2 is 1.94 bits per heavy atom. The molecule has 4 heterocycles. The van der Waals surface area contributed by atoms with Crippen molar-refractivity contribution in [1.29, 1.82) is 0 Å². The van der Waals surface area contributed by atoms with Crippen LogP contribution in [-0.4, -0.2) is 64.3 Å². The molecule has 0 radical (unpaired) electrons. The van der Waals surface area contributed by atoms with Crippen LogP contribution in [0.25, 0.3) is 10.9 Å². The summed E-state index contributed by atoms with van der Waals surface area (Å²) in [5, 5.41) is 1.19. The Bertz CT molecular complexity index is 1340. The van der Waals surface area contributed by atoms with E-state index >= 15 is 0 Å². The van der Waals surface area contributed by atoms with Gasteiger partial charge in [0.25, 0.3) is 0 Å². The van der Waals surface area contributed by atoms with Crippen molar-refractivity contribution >= 4 is 39.9 Å². The van der Waals surface area contributed by atoms with Crippen molar-refractivity contribution in [2.45, 2.75) is 44.6 Å². The number of likely N-dealkylation sites (N-methyl/N-ethyl adjacent to an activating group) is 1. The minimum atomic E-state index is -0.273. The summed E-state index contributed by atoms with van der Waals surface area (Å²) in [5.41, 5.74) is 5.23. The van der Waals surface area contributed by atoms with Crippen molar-refractivity contribution < 1.29 is 19.1 Å². The molecule has 2 unspecified atom stereocenters. The molecular weight excluding hydrogens is 474 g/mol. The number of aromatic nitrogens is 1. The number of carbonyl (C=O) groups excluding carboxylic acids is 2. The second-order valence-electron chi connectivity index (χ2n) is 9.80. The van der Waals surface area contributed by atoms with Crippen LogP contribution in [-0.2, 0) is 22.6 Å². The Balaban J connectivity index is 1.26. The average molecular weight is 504 g/mol. The molecule has 186 valence electrons. The molecule has 0 saturated carbocycles. The first-order valence-electron chi connectivity index (χ1n) is 12.5. The minimum absolute atomic E-state index is 0.0192. The lowest BCUT2D eigenvalue weighted by atomic mass is 9.89. The molecule has 0 aliphatic carbocycles. The van der Waals surface area contributed by atoms with Crippen molar-refractivity contribution in [3.8, 4) is 0 Å². The van der Waals surface area contributed by atoms with Crippen molar-refractivity contribution in [3.05, 3.63) is 70.9 Å². The van der Waals surface area contributed by atoms with Crippen molar-refractivity contribution in [3.63, 3.8) is 0 Å². The maximum atomic E-state index is 12.8. The second kappa shape index (κ2) is 9.42. The molecule has 2 aromatic carbocycles. The predicted octanol–water partition coefficient (Wildman–Crippen LogP) is 4.71. The van der Waals surface area contributed by atoms with Crippen LogP contribution in [0.3, 0.4) is 0 Å². The Hall–Kier alpha value is -3.07. The maximum absolute atomic E-state index is 12.8. The molecule has 6 rings (SSSR count). The Labute approximate surface area is 215 Å². The number of hydrogen-bond donors (Lipinski definition) is 0. The van der Waals surface area contributed by atoms with Crippen LogP contribution in [0.4, 0.5) is 4.79 Å². The first kappa shape index (κ1) is 23.3. The molecule has 2 amide bonds. The Morgan fingerprint density at radius 3 is 2.72 bits per heavy atom. The van der Waals surface area contributed by atoms with Crippen LogP contribution >= 0.6 is 12.2 Å². The topological polar surface area (TPSA) is 64.0 Å². The second-order valence-corrected chi connectivity index (χ2v) is 10.2. The number of carbonyl (C=O) groups is 2. The van der Waals surface area contributed by atoms with Gasteiger partial charge in [-0.25, -0.2) is 4.79 Å². The molecule has 3 aliphatic rings. The lowest BCUT2D eigenvalue weighted by Crippen LogP contribution is -2.55. The van der Waals surface area contributed by atoms with Gasteiger partial charge in [0, 0.05) is 48.9 Å². The van der Waals surface area contributed by atoms with E-state index in [2.05, 4.69) is 22.8 Å². The number of ketones is 1. The number of benzene rings is 2. The number of rotatable bonds is 6. The summed E-state index contributed by atoms with van der Waals surface area (Å²) >= 11 is 5.71. The largest absolute Gasteiger partial charge is 0.353 e. The number of Topliss-reactive ketones (excluding diaryl/α,β-unsaturated/α-hetero) is 1. The standard InChI is InChI=1S/C28H29N3O4S/c1-29-27(36)21-15-30(28(29)33)16-23-26(21)20-6-2-3-7-22(20)31(23)14-18-9-11-19(12-10-18)24(32)17-35-25-8-4-5-13-34-25/h2-3,6-7,9-12,21,25H,4-5,8,13-17H2,1H3. The molecule has 2 bridgehead atoms. The van der Waals surface area contributed by atoms with Crippen molar-refractivity contribution in [2.24, 2.45) is 0 Å². The fraction of sp³-hybridized carbons (Fsp3) is 0.393. The minimum Gasteiger partial charge on any atom is -0.353 e. The summed E-state index contributed by atoms with van der Waals surface area (Å²) in [6.07, 6.45) is 2.69. The number of fused-ring (bicyclic) bond motifs is 6. The zero-order valence-electron chi connectivity index (χ0n) is 20.3. The number of amides is 2. The van der Waals surface area contributed by atoms with Gasteiger partial charge in [0.2, 0.25) is 0 Å². The first-order chi connectivity index (χ1) is 17.5. The smallest absolute Gasteiger partial charge is 0.325 e. The molecule has 0 N–H and O–H groups in total. The summed E-state index contributed by atoms with van der Waals surface area (Å²) in [6, 6.07) is 16.1. The molecule has 2 fully saturated rings. The van der Waals surface area contributed by atoms with E-state index in [0.717, 1.165) is 36.0 Å². The fourth-order valence-corrected chi connectivity index (χ4v) is 5.91. The van der Waals surface area contributed by atoms with Gasteiger partial charge in [0.1, 0.15) is 6.61 Å². The number of hydrogen-bond acceptors (Lipinski definition) is 5. The van der Waals surface area contributed by atoms with Gasteiger partial charge in [-0.2, -0.15) is 0 Å². The summed E-state index contributed by atoms with van der Waals surface area (Å²) in [4.78, 5) is 29.6. The highest BCUT2D eigenvalue weighted by Crippen LogP contribution is 2.41. The molecule has 3 aromatic rings. The maximum Gasteiger partial charge on any atom is 0.325 e. The number of nitrogens with zero attached hydrogens (tertiary/aromatic N) is 3. The number of ether oxygens (including phenoxy) is 2. The van der Waals surface area contributed by atoms with E-state index in [-0.39, 0.29) is 30.6 Å². The zero-order valence-corrected chi connectivity index (χ0v) is 21.1. The summed E-state index contributed by atoms with van der Waals surface area (Å²) in [5.74, 6) is -0.0259. The molecule has 8 heteroatoms. The Morgan fingerprint density at radius 1 is 1.14 bits per heavy atom. The fourth-order valence-electron chi connectivity index (χ4n) is 5.64. The highest BCUT2D eigenvalue weighted by atomic mass is 32.1.